The van der Waals surface area contributed by atoms with Crippen LogP contribution in [0.1, 0.15) is 49.4 Å². The Bertz CT molecular complexity index is 413. The average molecular weight is 310 g/mol. The van der Waals surface area contributed by atoms with Gasteiger partial charge >= 0.3 is 0 Å². The third-order valence-corrected chi connectivity index (χ3v) is 4.30. The van der Waals surface area contributed by atoms with Gasteiger partial charge in [0, 0.05) is 16.1 Å². The summed E-state index contributed by atoms with van der Waals surface area (Å²) >= 11 is 3.39. The molecule has 1 aliphatic carbocycles. The van der Waals surface area contributed by atoms with Crippen LogP contribution < -0.4 is 5.32 Å². The van der Waals surface area contributed by atoms with Crippen molar-refractivity contribution in [2.24, 2.45) is 5.92 Å². The molecule has 0 bridgehead atoms. The van der Waals surface area contributed by atoms with Crippen molar-refractivity contribution in [1.82, 2.24) is 5.32 Å². The second kappa shape index (κ2) is 6.37. The Kier molecular flexibility index (Phi) is 4.81. The minimum atomic E-state index is 0.0365. The highest BCUT2D eigenvalue weighted by Gasteiger charge is 2.21. The molecule has 1 atom stereocenters. The molecule has 0 aromatic heterocycles. The molecule has 0 spiro atoms. The molecule has 18 heavy (non-hydrogen) atoms. The van der Waals surface area contributed by atoms with E-state index in [1.807, 2.05) is 24.3 Å². The van der Waals surface area contributed by atoms with E-state index in [-0.39, 0.29) is 11.9 Å². The zero-order valence-corrected chi connectivity index (χ0v) is 12.4. The average Bonchev–Trinajstić information content (AvgIpc) is 2.39. The van der Waals surface area contributed by atoms with Crippen LogP contribution in [0.15, 0.2) is 28.7 Å². The van der Waals surface area contributed by atoms with Gasteiger partial charge in [0.1, 0.15) is 0 Å². The molecule has 1 aromatic carbocycles. The van der Waals surface area contributed by atoms with Crippen LogP contribution in [-0.4, -0.2) is 11.9 Å². The normalized spacial score (nSPS) is 18.3. The molecule has 1 N–H and O–H groups in total. The van der Waals surface area contributed by atoms with Crippen molar-refractivity contribution < 1.29 is 4.79 Å². The number of carbonyl (C=O) groups excluding carboxylic acids is 1. The zero-order valence-electron chi connectivity index (χ0n) is 10.8. The molecule has 0 radical (unpaired) electrons. The van der Waals surface area contributed by atoms with Crippen LogP contribution in [0.3, 0.4) is 0 Å². The fourth-order valence-corrected chi connectivity index (χ4v) is 3.07. The summed E-state index contributed by atoms with van der Waals surface area (Å²) in [6.07, 6.45) is 6.46. The van der Waals surface area contributed by atoms with Gasteiger partial charge in [-0.05, 0) is 43.9 Å². The molecule has 1 unspecified atom stereocenters. The van der Waals surface area contributed by atoms with Crippen molar-refractivity contribution >= 4 is 21.8 Å². The van der Waals surface area contributed by atoms with Crippen LogP contribution >= 0.6 is 15.9 Å². The quantitative estimate of drug-likeness (QED) is 0.893. The van der Waals surface area contributed by atoms with Gasteiger partial charge in [0.2, 0.25) is 0 Å². The van der Waals surface area contributed by atoms with Gasteiger partial charge < -0.3 is 5.32 Å². The predicted octanol–water partition coefficient (Wildman–Crippen LogP) is 4.15. The first kappa shape index (κ1) is 13.6. The summed E-state index contributed by atoms with van der Waals surface area (Å²) in [5.74, 6) is 0.684. The highest BCUT2D eigenvalue weighted by Crippen LogP contribution is 2.26. The summed E-state index contributed by atoms with van der Waals surface area (Å²) in [6.45, 7) is 2.13. The Balaban J connectivity index is 1.94. The SMILES string of the molecule is CC(NC(=O)c1cccc(Br)c1)C1CCCCC1. The number of rotatable bonds is 3. The molecular weight excluding hydrogens is 290 g/mol. The van der Waals surface area contributed by atoms with Gasteiger partial charge in [-0.1, -0.05) is 41.3 Å². The van der Waals surface area contributed by atoms with Crippen molar-refractivity contribution in [1.29, 1.82) is 0 Å². The lowest BCUT2D eigenvalue weighted by Gasteiger charge is -2.28. The lowest BCUT2D eigenvalue weighted by atomic mass is 9.84. The minimum Gasteiger partial charge on any atom is -0.349 e. The number of nitrogens with one attached hydrogen (secondary N) is 1. The summed E-state index contributed by atoms with van der Waals surface area (Å²) in [6, 6.07) is 7.82. The van der Waals surface area contributed by atoms with Gasteiger partial charge in [0.25, 0.3) is 5.91 Å². The molecule has 2 nitrogen and oxygen atoms in total. The Morgan fingerprint density at radius 3 is 2.72 bits per heavy atom. The molecule has 0 aliphatic heterocycles. The molecule has 1 amide bonds. The lowest BCUT2D eigenvalue weighted by molar-refractivity contribution is 0.0919. The van der Waals surface area contributed by atoms with E-state index in [2.05, 4.69) is 28.2 Å². The van der Waals surface area contributed by atoms with Crippen molar-refractivity contribution in [2.45, 2.75) is 45.1 Å². The van der Waals surface area contributed by atoms with Gasteiger partial charge in [0.05, 0.1) is 0 Å². The first-order chi connectivity index (χ1) is 8.66. The third kappa shape index (κ3) is 3.58. The van der Waals surface area contributed by atoms with Crippen LogP contribution in [0, 0.1) is 5.92 Å². The first-order valence-corrected chi connectivity index (χ1v) is 7.52. The van der Waals surface area contributed by atoms with E-state index >= 15 is 0 Å². The molecular formula is C15H20BrNO. The molecule has 1 aromatic rings. The summed E-state index contributed by atoms with van der Waals surface area (Å²) in [4.78, 5) is 12.1. The second-order valence-corrected chi connectivity index (χ2v) is 6.09. The van der Waals surface area contributed by atoms with Gasteiger partial charge in [-0.2, -0.15) is 0 Å². The van der Waals surface area contributed by atoms with E-state index in [0.717, 1.165) is 10.0 Å². The van der Waals surface area contributed by atoms with Crippen molar-refractivity contribution in [3.8, 4) is 0 Å². The molecule has 2 rings (SSSR count). The molecule has 1 saturated carbocycles. The van der Waals surface area contributed by atoms with Crippen molar-refractivity contribution in [3.05, 3.63) is 34.3 Å². The topological polar surface area (TPSA) is 29.1 Å². The maximum atomic E-state index is 12.1. The van der Waals surface area contributed by atoms with Gasteiger partial charge in [-0.3, -0.25) is 4.79 Å². The fourth-order valence-electron chi connectivity index (χ4n) is 2.67. The fraction of sp³-hybridized carbons (Fsp3) is 0.533. The van der Waals surface area contributed by atoms with E-state index in [9.17, 15) is 4.79 Å². The van der Waals surface area contributed by atoms with Gasteiger partial charge in [0.15, 0.2) is 0 Å². The Hall–Kier alpha value is -0.830. The largest absolute Gasteiger partial charge is 0.349 e. The predicted molar refractivity (Wildman–Crippen MR) is 77.6 cm³/mol. The van der Waals surface area contributed by atoms with Crippen LogP contribution in [0.5, 0.6) is 0 Å². The number of amides is 1. The summed E-state index contributed by atoms with van der Waals surface area (Å²) in [7, 11) is 0. The molecule has 0 saturated heterocycles. The number of halogens is 1. The lowest BCUT2D eigenvalue weighted by Crippen LogP contribution is -2.38. The van der Waals surface area contributed by atoms with Crippen molar-refractivity contribution in [2.75, 3.05) is 0 Å². The zero-order chi connectivity index (χ0) is 13.0. The number of hydrogen-bond acceptors (Lipinski definition) is 1. The summed E-state index contributed by atoms with van der Waals surface area (Å²) < 4.78 is 0.945. The summed E-state index contributed by atoms with van der Waals surface area (Å²) in [5.41, 5.74) is 0.729. The second-order valence-electron chi connectivity index (χ2n) is 5.17. The molecule has 0 heterocycles. The van der Waals surface area contributed by atoms with Gasteiger partial charge in [-0.15, -0.1) is 0 Å². The molecule has 3 heteroatoms. The van der Waals surface area contributed by atoms with E-state index in [0.29, 0.717) is 5.92 Å². The standard InChI is InChI=1S/C15H20BrNO/c1-11(12-6-3-2-4-7-12)17-15(18)13-8-5-9-14(16)10-13/h5,8-12H,2-4,6-7H2,1H3,(H,17,18). The maximum absolute atomic E-state index is 12.1. The first-order valence-electron chi connectivity index (χ1n) is 6.73. The van der Waals surface area contributed by atoms with E-state index in [4.69, 9.17) is 0 Å². The molecule has 98 valence electrons. The van der Waals surface area contributed by atoms with Gasteiger partial charge in [-0.25, -0.2) is 0 Å². The molecule has 1 fully saturated rings. The minimum absolute atomic E-state index is 0.0365. The van der Waals surface area contributed by atoms with Crippen LogP contribution in [0.4, 0.5) is 0 Å². The number of carbonyl (C=O) groups is 1. The number of hydrogen-bond donors (Lipinski definition) is 1. The third-order valence-electron chi connectivity index (χ3n) is 3.80. The van der Waals surface area contributed by atoms with Crippen LogP contribution in [0.2, 0.25) is 0 Å². The monoisotopic (exact) mass is 309 g/mol. The molecule has 1 aliphatic rings. The Morgan fingerprint density at radius 1 is 1.33 bits per heavy atom. The highest BCUT2D eigenvalue weighted by molar-refractivity contribution is 9.10. The highest BCUT2D eigenvalue weighted by atomic mass is 79.9. The number of benzene rings is 1. The van der Waals surface area contributed by atoms with Crippen LogP contribution in [-0.2, 0) is 0 Å². The van der Waals surface area contributed by atoms with Crippen molar-refractivity contribution in [3.63, 3.8) is 0 Å². The van der Waals surface area contributed by atoms with E-state index in [1.54, 1.807) is 0 Å². The maximum Gasteiger partial charge on any atom is 0.251 e. The smallest absolute Gasteiger partial charge is 0.251 e. The Morgan fingerprint density at radius 2 is 2.06 bits per heavy atom. The van der Waals surface area contributed by atoms with E-state index in [1.165, 1.54) is 32.1 Å². The van der Waals surface area contributed by atoms with E-state index < -0.39 is 0 Å². The van der Waals surface area contributed by atoms with Crippen LogP contribution in [0.25, 0.3) is 0 Å². The Labute approximate surface area is 117 Å². The summed E-state index contributed by atoms with van der Waals surface area (Å²) in [5, 5.41) is 3.13.